The van der Waals surface area contributed by atoms with E-state index >= 15 is 0 Å². The van der Waals surface area contributed by atoms with E-state index in [0.29, 0.717) is 19.6 Å². The largest absolute Gasteiger partial charge is 0.292 e. The highest BCUT2D eigenvalue weighted by Gasteiger charge is 2.49. The van der Waals surface area contributed by atoms with Crippen molar-refractivity contribution in [3.8, 4) is 0 Å². The molecule has 0 aromatic heterocycles. The van der Waals surface area contributed by atoms with Crippen LogP contribution in [0.15, 0.2) is 18.2 Å². The van der Waals surface area contributed by atoms with Gasteiger partial charge in [0.15, 0.2) is 9.84 Å². The lowest BCUT2D eigenvalue weighted by atomic mass is 10.0. The van der Waals surface area contributed by atoms with Crippen molar-refractivity contribution in [3.63, 3.8) is 0 Å². The minimum atomic E-state index is -3.40. The predicted octanol–water partition coefficient (Wildman–Crippen LogP) is 0.546. The number of fused-ring (bicyclic) bond motifs is 1. The highest BCUT2D eigenvalue weighted by atomic mass is 32.2. The molecule has 8 heteroatoms. The third-order valence-electron chi connectivity index (χ3n) is 4.83. The molecule has 24 heavy (non-hydrogen) atoms. The normalized spacial score (nSPS) is 28.0. The van der Waals surface area contributed by atoms with Crippen molar-refractivity contribution in [1.82, 2.24) is 9.21 Å². The van der Waals surface area contributed by atoms with Gasteiger partial charge in [0.1, 0.15) is 0 Å². The van der Waals surface area contributed by atoms with Crippen molar-refractivity contribution in [3.05, 3.63) is 34.9 Å². The fourth-order valence-electron chi connectivity index (χ4n) is 4.00. The lowest BCUT2D eigenvalue weighted by Crippen LogP contribution is -2.59. The van der Waals surface area contributed by atoms with Crippen LogP contribution in [-0.4, -0.2) is 69.0 Å². The highest BCUT2D eigenvalue weighted by molar-refractivity contribution is 7.92. The maximum atomic E-state index is 12.1. The number of nitrogens with zero attached hydrogens (tertiary/aromatic N) is 2. The molecule has 2 unspecified atom stereocenters. The second-order valence-corrected chi connectivity index (χ2v) is 11.1. The molecule has 2 fully saturated rings. The third-order valence-corrected chi connectivity index (χ3v) is 7.84. The second-order valence-electron chi connectivity index (χ2n) is 7.05. The second kappa shape index (κ2) is 6.09. The summed E-state index contributed by atoms with van der Waals surface area (Å²) in [5, 5.41) is 0. The summed E-state index contributed by atoms with van der Waals surface area (Å²) in [6, 6.07) is 5.58. The number of sulfone groups is 1. The van der Waals surface area contributed by atoms with Crippen LogP contribution in [0.3, 0.4) is 0 Å². The zero-order valence-corrected chi connectivity index (χ0v) is 15.9. The molecule has 0 saturated carbocycles. The summed E-state index contributed by atoms with van der Waals surface area (Å²) in [7, 11) is -6.61. The van der Waals surface area contributed by atoms with Crippen LogP contribution in [0.2, 0.25) is 0 Å². The number of sulfonamides is 1. The van der Waals surface area contributed by atoms with E-state index in [-0.39, 0.29) is 17.5 Å². The van der Waals surface area contributed by atoms with Gasteiger partial charge in [0.2, 0.25) is 10.0 Å². The van der Waals surface area contributed by atoms with Gasteiger partial charge in [-0.1, -0.05) is 29.3 Å². The number of benzene rings is 1. The topological polar surface area (TPSA) is 74.8 Å². The van der Waals surface area contributed by atoms with Crippen LogP contribution < -0.4 is 0 Å². The molecule has 0 aliphatic carbocycles. The summed E-state index contributed by atoms with van der Waals surface area (Å²) in [6.07, 6.45) is 1.16. The van der Waals surface area contributed by atoms with E-state index in [9.17, 15) is 16.8 Å². The molecule has 2 saturated heterocycles. The van der Waals surface area contributed by atoms with Crippen molar-refractivity contribution in [1.29, 1.82) is 0 Å². The lowest BCUT2D eigenvalue weighted by Gasteiger charge is -2.42. The van der Waals surface area contributed by atoms with Crippen molar-refractivity contribution in [2.45, 2.75) is 32.5 Å². The molecule has 2 aliphatic heterocycles. The van der Waals surface area contributed by atoms with Gasteiger partial charge >= 0.3 is 0 Å². The third kappa shape index (κ3) is 3.66. The van der Waals surface area contributed by atoms with Crippen molar-refractivity contribution >= 4 is 19.9 Å². The number of hydrogen-bond donors (Lipinski definition) is 0. The van der Waals surface area contributed by atoms with Crippen LogP contribution in [0.1, 0.15) is 16.7 Å². The van der Waals surface area contributed by atoms with Gasteiger partial charge in [-0.25, -0.2) is 16.8 Å². The summed E-state index contributed by atoms with van der Waals surface area (Å²) >= 11 is 0. The Hall–Kier alpha value is -0.960. The summed E-state index contributed by atoms with van der Waals surface area (Å²) in [5.74, 6) is -0.0391. The maximum absolute atomic E-state index is 12.1. The standard InChI is InChI=1S/C16H24N2O4S2/c1-12-6-13(2)8-14(7-12)9-17-4-5-18(23(3,19)20)16-11-24(21,22)10-15(16)17/h6-8,15-16H,4-5,9-11H2,1-3H3. The molecule has 0 bridgehead atoms. The predicted molar refractivity (Wildman–Crippen MR) is 94.1 cm³/mol. The molecular formula is C16H24N2O4S2. The Morgan fingerprint density at radius 2 is 1.62 bits per heavy atom. The molecule has 134 valence electrons. The van der Waals surface area contributed by atoms with Crippen LogP contribution >= 0.6 is 0 Å². The molecule has 2 atom stereocenters. The Morgan fingerprint density at radius 1 is 1.04 bits per heavy atom. The minimum Gasteiger partial charge on any atom is -0.292 e. The first-order chi connectivity index (χ1) is 11.0. The first kappa shape index (κ1) is 17.8. The Kier molecular flexibility index (Phi) is 4.53. The quantitative estimate of drug-likeness (QED) is 0.774. The molecule has 0 amide bonds. The van der Waals surface area contributed by atoms with Gasteiger partial charge in [-0.15, -0.1) is 0 Å². The minimum absolute atomic E-state index is 0.0362. The summed E-state index contributed by atoms with van der Waals surface area (Å²) in [6.45, 7) is 5.63. The van der Waals surface area contributed by atoms with Gasteiger partial charge < -0.3 is 0 Å². The smallest absolute Gasteiger partial charge is 0.211 e. The van der Waals surface area contributed by atoms with Crippen LogP contribution in [0.5, 0.6) is 0 Å². The number of hydrogen-bond acceptors (Lipinski definition) is 5. The van der Waals surface area contributed by atoms with Gasteiger partial charge in [0, 0.05) is 25.7 Å². The zero-order chi connectivity index (χ0) is 17.7. The number of rotatable bonds is 3. The van der Waals surface area contributed by atoms with Gasteiger partial charge in [-0.3, -0.25) is 4.90 Å². The van der Waals surface area contributed by atoms with E-state index in [1.165, 1.54) is 15.4 Å². The Morgan fingerprint density at radius 3 is 2.21 bits per heavy atom. The fraction of sp³-hybridized carbons (Fsp3) is 0.625. The Bertz CT molecular complexity index is 829. The molecule has 0 N–H and O–H groups in total. The average Bonchev–Trinajstić information content (AvgIpc) is 2.71. The highest BCUT2D eigenvalue weighted by Crippen LogP contribution is 2.29. The molecule has 2 heterocycles. The summed E-state index contributed by atoms with van der Waals surface area (Å²) < 4.78 is 49.6. The van der Waals surface area contributed by atoms with Crippen LogP contribution in [0, 0.1) is 13.8 Å². The van der Waals surface area contributed by atoms with E-state index in [0.717, 1.165) is 11.8 Å². The van der Waals surface area contributed by atoms with Crippen LogP contribution in [0.4, 0.5) is 0 Å². The molecule has 0 radical (unpaired) electrons. The number of aryl methyl sites for hydroxylation is 2. The van der Waals surface area contributed by atoms with E-state index in [1.54, 1.807) is 0 Å². The zero-order valence-electron chi connectivity index (χ0n) is 14.3. The SMILES string of the molecule is Cc1cc(C)cc(CN2CCN(S(C)(=O)=O)C3CS(=O)(=O)CC32)c1. The molecule has 1 aromatic carbocycles. The number of piperazine rings is 1. The molecule has 0 spiro atoms. The van der Waals surface area contributed by atoms with Gasteiger partial charge in [-0.2, -0.15) is 4.31 Å². The fourth-order valence-corrected chi connectivity index (χ4v) is 7.22. The van der Waals surface area contributed by atoms with E-state index < -0.39 is 25.9 Å². The average molecular weight is 373 g/mol. The van der Waals surface area contributed by atoms with Gasteiger partial charge in [0.25, 0.3) is 0 Å². The molecule has 2 aliphatic rings. The monoisotopic (exact) mass is 372 g/mol. The van der Waals surface area contributed by atoms with E-state index in [1.807, 2.05) is 13.8 Å². The molecular weight excluding hydrogens is 348 g/mol. The first-order valence-electron chi connectivity index (χ1n) is 8.04. The Balaban J connectivity index is 1.88. The maximum Gasteiger partial charge on any atom is 0.211 e. The molecule has 1 aromatic rings. The molecule has 3 rings (SSSR count). The summed E-state index contributed by atoms with van der Waals surface area (Å²) in [4.78, 5) is 2.13. The Labute approximate surface area is 144 Å². The van der Waals surface area contributed by atoms with Crippen molar-refractivity contribution in [2.24, 2.45) is 0 Å². The lowest BCUT2D eigenvalue weighted by molar-refractivity contribution is 0.0895. The van der Waals surface area contributed by atoms with Crippen molar-refractivity contribution < 1.29 is 16.8 Å². The van der Waals surface area contributed by atoms with Gasteiger partial charge in [0.05, 0.1) is 23.8 Å². The first-order valence-corrected chi connectivity index (χ1v) is 11.7. The van der Waals surface area contributed by atoms with Gasteiger partial charge in [-0.05, 0) is 19.4 Å². The van der Waals surface area contributed by atoms with E-state index in [4.69, 9.17) is 0 Å². The van der Waals surface area contributed by atoms with Crippen LogP contribution in [0.25, 0.3) is 0 Å². The molecule has 6 nitrogen and oxygen atoms in total. The van der Waals surface area contributed by atoms with E-state index in [2.05, 4.69) is 23.1 Å². The van der Waals surface area contributed by atoms with Crippen LogP contribution in [-0.2, 0) is 26.4 Å². The van der Waals surface area contributed by atoms with Crippen molar-refractivity contribution in [2.75, 3.05) is 30.9 Å². The summed E-state index contributed by atoms with van der Waals surface area (Å²) in [5.41, 5.74) is 3.49.